The van der Waals surface area contributed by atoms with Gasteiger partial charge in [-0.15, -0.1) is 12.4 Å². The Morgan fingerprint density at radius 3 is 2.86 bits per heavy atom. The van der Waals surface area contributed by atoms with E-state index in [2.05, 4.69) is 29.4 Å². The third-order valence-electron chi connectivity index (χ3n) is 6.16. The molecule has 0 radical (unpaired) electrons. The molecule has 3 rings (SSSR count). The molecule has 0 aromatic carbocycles. The molecule has 2 aliphatic heterocycles. The number of carbonyl (C=O) groups is 1. The fourth-order valence-electron chi connectivity index (χ4n) is 4.51. The van der Waals surface area contributed by atoms with Crippen LogP contribution in [0.25, 0.3) is 0 Å². The van der Waals surface area contributed by atoms with Gasteiger partial charge in [-0.1, -0.05) is 26.7 Å². The first-order valence-electron chi connectivity index (χ1n) is 8.88. The predicted molar refractivity (Wildman–Crippen MR) is 92.3 cm³/mol. The second-order valence-electron chi connectivity index (χ2n) is 7.57. The van der Waals surface area contributed by atoms with Gasteiger partial charge in [0.2, 0.25) is 5.91 Å². The zero-order chi connectivity index (χ0) is 14.8. The average molecular weight is 330 g/mol. The first-order chi connectivity index (χ1) is 10.1. The van der Waals surface area contributed by atoms with Crippen molar-refractivity contribution >= 4 is 18.3 Å². The summed E-state index contributed by atoms with van der Waals surface area (Å²) in [5.74, 6) is 2.36. The lowest BCUT2D eigenvalue weighted by atomic mass is 9.78. The summed E-state index contributed by atoms with van der Waals surface area (Å²) in [7, 11) is 0. The number of carbonyl (C=O) groups excluding carboxylic acids is 1. The summed E-state index contributed by atoms with van der Waals surface area (Å²) >= 11 is 0. The average Bonchev–Trinajstić information content (AvgIpc) is 2.91. The minimum atomic E-state index is 0. The maximum absolute atomic E-state index is 12.4. The number of fused-ring (bicyclic) bond motifs is 1. The molecule has 22 heavy (non-hydrogen) atoms. The molecule has 2 N–H and O–H groups in total. The number of halogens is 1. The van der Waals surface area contributed by atoms with Crippen LogP contribution in [-0.4, -0.2) is 49.1 Å². The van der Waals surface area contributed by atoms with Gasteiger partial charge in [-0.25, -0.2) is 0 Å². The van der Waals surface area contributed by atoms with Crippen LogP contribution in [0.3, 0.4) is 0 Å². The lowest BCUT2D eigenvalue weighted by Crippen LogP contribution is -2.51. The molecule has 0 aromatic heterocycles. The van der Waals surface area contributed by atoms with Crippen molar-refractivity contribution in [2.24, 2.45) is 17.8 Å². The van der Waals surface area contributed by atoms with E-state index in [1.165, 1.54) is 25.7 Å². The van der Waals surface area contributed by atoms with E-state index in [0.717, 1.165) is 37.9 Å². The first-order valence-corrected chi connectivity index (χ1v) is 8.88. The third kappa shape index (κ3) is 4.15. The summed E-state index contributed by atoms with van der Waals surface area (Å²) in [6.45, 7) is 8.54. The third-order valence-corrected chi connectivity index (χ3v) is 6.16. The van der Waals surface area contributed by atoms with Gasteiger partial charge < -0.3 is 10.6 Å². The number of rotatable bonds is 3. The fraction of sp³-hybridized carbons (Fsp3) is 0.941. The normalized spacial score (nSPS) is 38.9. The van der Waals surface area contributed by atoms with Gasteiger partial charge in [0.1, 0.15) is 0 Å². The summed E-state index contributed by atoms with van der Waals surface area (Å²) < 4.78 is 0. The van der Waals surface area contributed by atoms with Gasteiger partial charge >= 0.3 is 0 Å². The van der Waals surface area contributed by atoms with E-state index in [0.29, 0.717) is 24.5 Å². The molecule has 3 aliphatic rings. The van der Waals surface area contributed by atoms with Crippen molar-refractivity contribution in [2.45, 2.75) is 58.0 Å². The Morgan fingerprint density at radius 2 is 2.05 bits per heavy atom. The number of likely N-dealkylation sites (tertiary alicyclic amines) is 1. The zero-order valence-corrected chi connectivity index (χ0v) is 14.8. The molecule has 2 saturated heterocycles. The summed E-state index contributed by atoms with van der Waals surface area (Å²) in [4.78, 5) is 14.7. The lowest BCUT2D eigenvalue weighted by Gasteiger charge is -2.37. The van der Waals surface area contributed by atoms with Gasteiger partial charge in [-0.2, -0.15) is 0 Å². The highest BCUT2D eigenvalue weighted by Gasteiger charge is 2.34. The number of hydrogen-bond acceptors (Lipinski definition) is 3. The molecule has 0 spiro atoms. The molecule has 0 bridgehead atoms. The van der Waals surface area contributed by atoms with Crippen LogP contribution in [0.2, 0.25) is 0 Å². The lowest BCUT2D eigenvalue weighted by molar-refractivity contribution is -0.124. The Labute approximate surface area is 141 Å². The van der Waals surface area contributed by atoms with Crippen molar-refractivity contribution < 1.29 is 4.79 Å². The predicted octanol–water partition coefficient (Wildman–Crippen LogP) is 2.03. The summed E-state index contributed by atoms with van der Waals surface area (Å²) in [5.41, 5.74) is 0. The minimum Gasteiger partial charge on any atom is -0.352 e. The smallest absolute Gasteiger partial charge is 0.234 e. The number of nitrogens with zero attached hydrogens (tertiary/aromatic N) is 1. The summed E-state index contributed by atoms with van der Waals surface area (Å²) in [6.07, 6.45) is 6.21. The van der Waals surface area contributed by atoms with Crippen molar-refractivity contribution in [2.75, 3.05) is 26.2 Å². The minimum absolute atomic E-state index is 0. The van der Waals surface area contributed by atoms with Gasteiger partial charge in [-0.05, 0) is 43.6 Å². The van der Waals surface area contributed by atoms with Crippen LogP contribution >= 0.6 is 12.4 Å². The van der Waals surface area contributed by atoms with Gasteiger partial charge in [0.05, 0.1) is 6.54 Å². The topological polar surface area (TPSA) is 44.4 Å². The van der Waals surface area contributed by atoms with E-state index < -0.39 is 0 Å². The van der Waals surface area contributed by atoms with Gasteiger partial charge in [0, 0.05) is 25.2 Å². The van der Waals surface area contributed by atoms with Crippen molar-refractivity contribution in [3.63, 3.8) is 0 Å². The highest BCUT2D eigenvalue weighted by atomic mass is 35.5. The largest absolute Gasteiger partial charge is 0.352 e. The van der Waals surface area contributed by atoms with Crippen LogP contribution in [0.5, 0.6) is 0 Å². The van der Waals surface area contributed by atoms with Crippen molar-refractivity contribution in [3.05, 3.63) is 0 Å². The highest BCUT2D eigenvalue weighted by molar-refractivity contribution is 5.85. The molecule has 5 unspecified atom stereocenters. The molecule has 2 heterocycles. The molecule has 1 amide bonds. The molecule has 5 heteroatoms. The Bertz CT molecular complexity index is 379. The Kier molecular flexibility index (Phi) is 6.54. The standard InChI is InChI=1S/C17H31N3O.ClH/c1-12-4-3-5-15(13(12)2)19-17(21)11-20-9-7-16-14(10-20)6-8-18-16;/h12-16,18H,3-11H2,1-2H3,(H,19,21);1H. The van der Waals surface area contributed by atoms with Gasteiger partial charge in [-0.3, -0.25) is 9.69 Å². The van der Waals surface area contributed by atoms with E-state index in [-0.39, 0.29) is 18.3 Å². The van der Waals surface area contributed by atoms with E-state index in [1.807, 2.05) is 0 Å². The zero-order valence-electron chi connectivity index (χ0n) is 14.0. The Balaban J connectivity index is 0.00000176. The molecule has 1 saturated carbocycles. The Hall–Kier alpha value is -0.320. The van der Waals surface area contributed by atoms with Crippen molar-refractivity contribution in [1.29, 1.82) is 0 Å². The van der Waals surface area contributed by atoms with E-state index >= 15 is 0 Å². The molecule has 4 nitrogen and oxygen atoms in total. The van der Waals surface area contributed by atoms with Crippen LogP contribution in [0, 0.1) is 17.8 Å². The van der Waals surface area contributed by atoms with Crippen LogP contribution in [-0.2, 0) is 4.79 Å². The second kappa shape index (κ2) is 7.98. The fourth-order valence-corrected chi connectivity index (χ4v) is 4.51. The number of piperidine rings is 1. The highest BCUT2D eigenvalue weighted by Crippen LogP contribution is 2.29. The molecular formula is C17H32ClN3O. The van der Waals surface area contributed by atoms with Crippen molar-refractivity contribution in [3.8, 4) is 0 Å². The summed E-state index contributed by atoms with van der Waals surface area (Å²) in [6, 6.07) is 1.11. The molecule has 0 aromatic rings. The van der Waals surface area contributed by atoms with Gasteiger partial charge in [0.25, 0.3) is 0 Å². The number of amides is 1. The van der Waals surface area contributed by atoms with E-state index in [1.54, 1.807) is 0 Å². The molecule has 5 atom stereocenters. The van der Waals surface area contributed by atoms with E-state index in [4.69, 9.17) is 0 Å². The van der Waals surface area contributed by atoms with Crippen LogP contribution in [0.15, 0.2) is 0 Å². The van der Waals surface area contributed by atoms with Crippen LogP contribution in [0.1, 0.15) is 46.0 Å². The molecule has 1 aliphatic carbocycles. The first kappa shape index (κ1) is 18.0. The monoisotopic (exact) mass is 329 g/mol. The quantitative estimate of drug-likeness (QED) is 0.832. The van der Waals surface area contributed by atoms with Gasteiger partial charge in [0.15, 0.2) is 0 Å². The van der Waals surface area contributed by atoms with Crippen LogP contribution in [0.4, 0.5) is 0 Å². The molecule has 3 fully saturated rings. The molecular weight excluding hydrogens is 298 g/mol. The number of hydrogen-bond donors (Lipinski definition) is 2. The SMILES string of the molecule is CC1CCCC(NC(=O)CN2CCC3NCCC3C2)C1C.Cl. The van der Waals surface area contributed by atoms with E-state index in [9.17, 15) is 4.79 Å². The summed E-state index contributed by atoms with van der Waals surface area (Å²) in [5, 5.41) is 6.89. The maximum Gasteiger partial charge on any atom is 0.234 e. The number of nitrogens with one attached hydrogen (secondary N) is 2. The Morgan fingerprint density at radius 1 is 1.23 bits per heavy atom. The van der Waals surface area contributed by atoms with Crippen molar-refractivity contribution in [1.82, 2.24) is 15.5 Å². The second-order valence-corrected chi connectivity index (χ2v) is 7.57. The molecule has 128 valence electrons. The maximum atomic E-state index is 12.4. The van der Waals surface area contributed by atoms with Crippen LogP contribution < -0.4 is 10.6 Å².